The summed E-state index contributed by atoms with van der Waals surface area (Å²) < 4.78 is 11.4. The normalized spacial score (nSPS) is 10.4. The molecule has 0 saturated heterocycles. The van der Waals surface area contributed by atoms with E-state index in [1.807, 2.05) is 56.3 Å². The lowest BCUT2D eigenvalue weighted by Crippen LogP contribution is -2.34. The molecule has 2 N–H and O–H groups in total. The highest BCUT2D eigenvalue weighted by Gasteiger charge is 2.09. The highest BCUT2D eigenvalue weighted by molar-refractivity contribution is 7.80. The van der Waals surface area contributed by atoms with Crippen LogP contribution in [-0.4, -0.2) is 23.7 Å². The third-order valence-electron chi connectivity index (χ3n) is 4.31. The lowest BCUT2D eigenvalue weighted by Gasteiger charge is -2.12. The standard InChI is InChI=1S/C25H26N2O3S/c1-18(2)30-22-13-11-20(12-14-22)24(28)27-25(31)26-21-9-6-10-23(17-21)29-16-15-19-7-4-3-5-8-19/h3-14,17-18H,15-16H2,1-2H3,(H2,26,27,28,31). The molecule has 0 atom stereocenters. The highest BCUT2D eigenvalue weighted by atomic mass is 32.1. The lowest BCUT2D eigenvalue weighted by molar-refractivity contribution is 0.0977. The average molecular weight is 435 g/mol. The highest BCUT2D eigenvalue weighted by Crippen LogP contribution is 2.18. The number of hydrogen-bond donors (Lipinski definition) is 2. The van der Waals surface area contributed by atoms with Gasteiger partial charge in [0, 0.05) is 23.7 Å². The zero-order valence-electron chi connectivity index (χ0n) is 17.6. The van der Waals surface area contributed by atoms with Gasteiger partial charge in [-0.3, -0.25) is 10.1 Å². The Kier molecular flexibility index (Phi) is 8.01. The van der Waals surface area contributed by atoms with Crippen molar-refractivity contribution in [2.45, 2.75) is 26.4 Å². The number of anilines is 1. The van der Waals surface area contributed by atoms with E-state index in [2.05, 4.69) is 22.8 Å². The summed E-state index contributed by atoms with van der Waals surface area (Å²) in [6.07, 6.45) is 0.906. The van der Waals surface area contributed by atoms with E-state index in [-0.39, 0.29) is 17.1 Å². The molecular weight excluding hydrogens is 408 g/mol. The van der Waals surface area contributed by atoms with Gasteiger partial charge in [0.1, 0.15) is 11.5 Å². The third-order valence-corrected chi connectivity index (χ3v) is 4.51. The first-order chi connectivity index (χ1) is 15.0. The van der Waals surface area contributed by atoms with E-state index in [0.29, 0.717) is 12.2 Å². The van der Waals surface area contributed by atoms with Gasteiger partial charge in [-0.15, -0.1) is 0 Å². The second kappa shape index (κ2) is 11.1. The molecule has 0 unspecified atom stereocenters. The van der Waals surface area contributed by atoms with Gasteiger partial charge in [-0.25, -0.2) is 0 Å². The predicted molar refractivity (Wildman–Crippen MR) is 128 cm³/mol. The molecule has 0 aromatic heterocycles. The van der Waals surface area contributed by atoms with Crippen LogP contribution in [0.4, 0.5) is 5.69 Å². The molecule has 0 aliphatic rings. The maximum atomic E-state index is 12.4. The Labute approximate surface area is 188 Å². The van der Waals surface area contributed by atoms with Crippen LogP contribution >= 0.6 is 12.2 Å². The van der Waals surface area contributed by atoms with E-state index >= 15 is 0 Å². The van der Waals surface area contributed by atoms with Crippen LogP contribution in [0.2, 0.25) is 0 Å². The van der Waals surface area contributed by atoms with Crippen molar-refractivity contribution in [2.24, 2.45) is 0 Å². The van der Waals surface area contributed by atoms with Crippen molar-refractivity contribution < 1.29 is 14.3 Å². The van der Waals surface area contributed by atoms with Gasteiger partial charge in [0.05, 0.1) is 12.7 Å². The minimum Gasteiger partial charge on any atom is -0.493 e. The predicted octanol–water partition coefficient (Wildman–Crippen LogP) is 5.22. The quantitative estimate of drug-likeness (QED) is 0.476. The molecule has 160 valence electrons. The van der Waals surface area contributed by atoms with Gasteiger partial charge in [-0.2, -0.15) is 0 Å². The van der Waals surface area contributed by atoms with Gasteiger partial charge >= 0.3 is 0 Å². The SMILES string of the molecule is CC(C)Oc1ccc(C(=O)NC(=S)Nc2cccc(OCCc3ccccc3)c2)cc1. The summed E-state index contributed by atoms with van der Waals surface area (Å²) in [5.74, 6) is 1.16. The Morgan fingerprint density at radius 3 is 2.39 bits per heavy atom. The maximum Gasteiger partial charge on any atom is 0.257 e. The molecular formula is C25H26N2O3S. The van der Waals surface area contributed by atoms with Crippen molar-refractivity contribution in [3.8, 4) is 11.5 Å². The number of rotatable bonds is 8. The molecule has 0 aliphatic heterocycles. The van der Waals surface area contributed by atoms with Gasteiger partial charge in [0.2, 0.25) is 0 Å². The van der Waals surface area contributed by atoms with Crippen LogP contribution in [0.3, 0.4) is 0 Å². The molecule has 0 spiro atoms. The summed E-state index contributed by atoms with van der Waals surface area (Å²) in [5, 5.41) is 5.93. The Bertz CT molecular complexity index is 1000. The first kappa shape index (κ1) is 22.3. The Morgan fingerprint density at radius 1 is 0.935 bits per heavy atom. The van der Waals surface area contributed by atoms with Crippen LogP contribution in [0, 0.1) is 0 Å². The summed E-state index contributed by atoms with van der Waals surface area (Å²) in [5.41, 5.74) is 2.46. The molecule has 5 nitrogen and oxygen atoms in total. The fourth-order valence-electron chi connectivity index (χ4n) is 2.89. The van der Waals surface area contributed by atoms with E-state index in [0.717, 1.165) is 23.6 Å². The number of thiocarbonyl (C=S) groups is 1. The molecule has 3 rings (SSSR count). The smallest absolute Gasteiger partial charge is 0.257 e. The van der Waals surface area contributed by atoms with E-state index in [9.17, 15) is 4.79 Å². The molecule has 0 aliphatic carbocycles. The maximum absolute atomic E-state index is 12.4. The number of hydrogen-bond acceptors (Lipinski definition) is 4. The van der Waals surface area contributed by atoms with Crippen molar-refractivity contribution in [1.82, 2.24) is 5.32 Å². The van der Waals surface area contributed by atoms with Crippen molar-refractivity contribution in [2.75, 3.05) is 11.9 Å². The van der Waals surface area contributed by atoms with Gasteiger partial charge in [0.15, 0.2) is 5.11 Å². The number of amides is 1. The minimum atomic E-state index is -0.288. The minimum absolute atomic E-state index is 0.0783. The topological polar surface area (TPSA) is 59.6 Å². The zero-order valence-corrected chi connectivity index (χ0v) is 18.4. The third kappa shape index (κ3) is 7.42. The summed E-state index contributed by atoms with van der Waals surface area (Å²) in [7, 11) is 0. The van der Waals surface area contributed by atoms with Crippen LogP contribution in [0.25, 0.3) is 0 Å². The second-order valence-corrected chi connectivity index (χ2v) is 7.62. The Balaban J connectivity index is 1.49. The van der Waals surface area contributed by atoms with Crippen molar-refractivity contribution in [3.63, 3.8) is 0 Å². The number of benzene rings is 3. The molecule has 0 saturated carbocycles. The number of carbonyl (C=O) groups is 1. The molecule has 0 radical (unpaired) electrons. The Morgan fingerprint density at radius 2 is 1.68 bits per heavy atom. The molecule has 31 heavy (non-hydrogen) atoms. The zero-order chi connectivity index (χ0) is 22.1. The van der Waals surface area contributed by atoms with E-state index in [1.165, 1.54) is 5.56 Å². The van der Waals surface area contributed by atoms with Gasteiger partial charge in [-0.1, -0.05) is 36.4 Å². The first-order valence-electron chi connectivity index (χ1n) is 10.2. The molecule has 6 heteroatoms. The van der Waals surface area contributed by atoms with Gasteiger partial charge in [-0.05, 0) is 68.0 Å². The summed E-state index contributed by atoms with van der Waals surface area (Å²) in [6, 6.07) is 24.6. The van der Waals surface area contributed by atoms with Gasteiger partial charge in [0.25, 0.3) is 5.91 Å². The molecule has 3 aromatic carbocycles. The fourth-order valence-corrected chi connectivity index (χ4v) is 3.10. The van der Waals surface area contributed by atoms with Crippen LogP contribution in [0.15, 0.2) is 78.9 Å². The summed E-state index contributed by atoms with van der Waals surface area (Å²) in [6.45, 7) is 4.48. The van der Waals surface area contributed by atoms with Crippen LogP contribution in [0.1, 0.15) is 29.8 Å². The molecule has 1 amide bonds. The largest absolute Gasteiger partial charge is 0.493 e. The molecule has 0 fully saturated rings. The summed E-state index contributed by atoms with van der Waals surface area (Å²) in [4.78, 5) is 12.4. The number of nitrogens with one attached hydrogen (secondary N) is 2. The Hall–Kier alpha value is -3.38. The van der Waals surface area contributed by atoms with Crippen molar-refractivity contribution in [3.05, 3.63) is 90.0 Å². The monoisotopic (exact) mass is 434 g/mol. The number of carbonyl (C=O) groups excluding carboxylic acids is 1. The van der Waals surface area contributed by atoms with E-state index < -0.39 is 0 Å². The lowest BCUT2D eigenvalue weighted by atomic mass is 10.2. The fraction of sp³-hybridized carbons (Fsp3) is 0.200. The second-order valence-electron chi connectivity index (χ2n) is 7.21. The van der Waals surface area contributed by atoms with Crippen LogP contribution in [-0.2, 0) is 6.42 Å². The van der Waals surface area contributed by atoms with Crippen molar-refractivity contribution >= 4 is 28.9 Å². The van der Waals surface area contributed by atoms with Crippen LogP contribution in [0.5, 0.6) is 11.5 Å². The summed E-state index contributed by atoms with van der Waals surface area (Å²) >= 11 is 5.28. The van der Waals surface area contributed by atoms with Crippen molar-refractivity contribution in [1.29, 1.82) is 0 Å². The van der Waals surface area contributed by atoms with E-state index in [4.69, 9.17) is 21.7 Å². The van der Waals surface area contributed by atoms with Gasteiger partial charge < -0.3 is 14.8 Å². The molecule has 3 aromatic rings. The number of ether oxygens (including phenoxy) is 2. The average Bonchev–Trinajstić information content (AvgIpc) is 2.75. The first-order valence-corrected chi connectivity index (χ1v) is 10.6. The molecule has 0 heterocycles. The van der Waals surface area contributed by atoms with Crippen LogP contribution < -0.4 is 20.1 Å². The van der Waals surface area contributed by atoms with E-state index in [1.54, 1.807) is 24.3 Å². The molecule has 0 bridgehead atoms.